The molecule has 1 aromatic carbocycles. The molecule has 0 saturated carbocycles. The summed E-state index contributed by atoms with van der Waals surface area (Å²) in [7, 11) is 3.12. The van der Waals surface area contributed by atoms with Gasteiger partial charge < -0.3 is 14.5 Å². The van der Waals surface area contributed by atoms with Gasteiger partial charge in [-0.15, -0.1) is 0 Å². The van der Waals surface area contributed by atoms with Gasteiger partial charge in [-0.25, -0.2) is 0 Å². The van der Waals surface area contributed by atoms with Crippen LogP contribution in [0.25, 0.3) is 0 Å². The number of carbonyl (C=O) groups is 1. The molecular formula is C12H11Cl2N3O3. The topological polar surface area (TPSA) is 73.3 Å². The molecule has 1 amide bonds. The Morgan fingerprint density at radius 3 is 2.75 bits per heavy atom. The van der Waals surface area contributed by atoms with Crippen molar-refractivity contribution in [3.05, 3.63) is 39.5 Å². The zero-order valence-corrected chi connectivity index (χ0v) is 12.3. The number of carbonyl (C=O) groups excluding carboxylic acids is 1. The van der Waals surface area contributed by atoms with E-state index in [1.807, 2.05) is 0 Å². The zero-order chi connectivity index (χ0) is 14.9. The van der Waals surface area contributed by atoms with E-state index in [0.717, 1.165) is 0 Å². The van der Waals surface area contributed by atoms with Gasteiger partial charge in [0.25, 0.3) is 11.6 Å². The van der Waals surface area contributed by atoms with Crippen molar-refractivity contribution >= 4 is 29.1 Å². The Morgan fingerprint density at radius 1 is 1.50 bits per heavy atom. The largest absolute Gasteiger partial charge is 0.539 e. The first-order valence-corrected chi connectivity index (χ1v) is 6.38. The monoisotopic (exact) mass is 315 g/mol. The molecule has 2 rings (SSSR count). The average molecular weight is 316 g/mol. The van der Waals surface area contributed by atoms with Gasteiger partial charge in [-0.3, -0.25) is 4.79 Å². The summed E-state index contributed by atoms with van der Waals surface area (Å²) in [6, 6.07) is 4.60. The first kappa shape index (κ1) is 14.6. The number of hydrogen-bond donors (Lipinski definition) is 0. The summed E-state index contributed by atoms with van der Waals surface area (Å²) in [5.74, 6) is -0.901. The Hall–Kier alpha value is -1.79. The maximum Gasteiger partial charge on any atom is 0.255 e. The lowest BCUT2D eigenvalue weighted by atomic mass is 10.2. The van der Waals surface area contributed by atoms with E-state index < -0.39 is 5.95 Å². The van der Waals surface area contributed by atoms with Gasteiger partial charge in [-0.2, -0.15) is 0 Å². The molecule has 0 radical (unpaired) electrons. The number of halogens is 2. The third-order valence-corrected chi connectivity index (χ3v) is 3.32. The Balaban J connectivity index is 2.21. The third kappa shape index (κ3) is 2.86. The lowest BCUT2D eigenvalue weighted by molar-refractivity contribution is -0.746. The Bertz CT molecular complexity index is 638. The van der Waals surface area contributed by atoms with Gasteiger partial charge in [0, 0.05) is 12.1 Å². The first-order valence-electron chi connectivity index (χ1n) is 5.62. The minimum absolute atomic E-state index is 0.0661. The minimum atomic E-state index is -0.575. The molecule has 0 unspecified atom stereocenters. The van der Waals surface area contributed by atoms with Gasteiger partial charge in [0.2, 0.25) is 0 Å². The fourth-order valence-electron chi connectivity index (χ4n) is 1.66. The molecule has 0 fully saturated rings. The molecule has 0 atom stereocenters. The lowest BCUT2D eigenvalue weighted by Crippen LogP contribution is -2.38. The van der Waals surface area contributed by atoms with Crippen LogP contribution in [0.1, 0.15) is 16.1 Å². The van der Waals surface area contributed by atoms with Crippen molar-refractivity contribution in [3.63, 3.8) is 0 Å². The quantitative estimate of drug-likeness (QED) is 0.796. The van der Waals surface area contributed by atoms with Crippen LogP contribution in [-0.4, -0.2) is 23.1 Å². The van der Waals surface area contributed by atoms with E-state index in [2.05, 4.69) is 9.79 Å². The second-order valence-electron chi connectivity index (χ2n) is 4.22. The van der Waals surface area contributed by atoms with E-state index in [-0.39, 0.29) is 23.2 Å². The van der Waals surface area contributed by atoms with E-state index in [9.17, 15) is 9.90 Å². The van der Waals surface area contributed by atoms with Gasteiger partial charge >= 0.3 is 0 Å². The van der Waals surface area contributed by atoms with Crippen LogP contribution in [0.15, 0.2) is 22.7 Å². The Morgan fingerprint density at radius 2 is 2.20 bits per heavy atom. The van der Waals surface area contributed by atoms with Gasteiger partial charge in [0.1, 0.15) is 6.54 Å². The van der Waals surface area contributed by atoms with Gasteiger partial charge in [0.15, 0.2) is 13.0 Å². The summed E-state index contributed by atoms with van der Waals surface area (Å²) in [6.45, 7) is 0.0661. The van der Waals surface area contributed by atoms with Crippen molar-refractivity contribution in [2.45, 2.75) is 6.54 Å². The maximum atomic E-state index is 12.3. The number of amides is 1. The second-order valence-corrected chi connectivity index (χ2v) is 5.06. The van der Waals surface area contributed by atoms with Gasteiger partial charge in [-0.1, -0.05) is 27.9 Å². The summed E-state index contributed by atoms with van der Waals surface area (Å²) < 4.78 is 5.78. The molecule has 8 heteroatoms. The molecule has 0 N–H and O–H groups in total. The number of hydrogen-bond acceptors (Lipinski definition) is 4. The normalized spacial score (nSPS) is 10.6. The number of benzene rings is 1. The Kier molecular flexibility index (Phi) is 4.15. The Labute approximate surface area is 125 Å². The fraction of sp³-hybridized carbons (Fsp3) is 0.250. The predicted molar refractivity (Wildman–Crippen MR) is 69.4 cm³/mol. The van der Waals surface area contributed by atoms with Gasteiger partial charge in [-0.05, 0) is 18.2 Å². The second kappa shape index (κ2) is 5.68. The van der Waals surface area contributed by atoms with Crippen molar-refractivity contribution in [3.8, 4) is 5.95 Å². The molecule has 1 aromatic heterocycles. The maximum absolute atomic E-state index is 12.3. The summed E-state index contributed by atoms with van der Waals surface area (Å²) in [5, 5.41) is 15.6. The van der Waals surface area contributed by atoms with Crippen molar-refractivity contribution in [2.24, 2.45) is 7.05 Å². The molecule has 1 heterocycles. The molecule has 0 bridgehead atoms. The standard InChI is InChI=1S/C12H11Cl2N3O3/c1-16(6-10-12(19)20-15-17(10)2)11(18)8-4-3-7(13)5-9(8)14/h3-5H,6H2,1-2H3. The summed E-state index contributed by atoms with van der Waals surface area (Å²) >= 11 is 11.8. The number of nitrogens with zero attached hydrogens (tertiary/aromatic N) is 3. The van der Waals surface area contributed by atoms with Crippen LogP contribution < -0.4 is 9.79 Å². The predicted octanol–water partition coefficient (Wildman–Crippen LogP) is 1.15. The van der Waals surface area contributed by atoms with Crippen LogP contribution >= 0.6 is 23.2 Å². The van der Waals surface area contributed by atoms with Crippen molar-refractivity contribution in [1.29, 1.82) is 0 Å². The molecular weight excluding hydrogens is 305 g/mol. The third-order valence-electron chi connectivity index (χ3n) is 2.77. The fourth-order valence-corrected chi connectivity index (χ4v) is 2.15. The SMILES string of the molecule is CN(Cc1c([O-])on[n+]1C)C(=O)c1ccc(Cl)cc1Cl. The zero-order valence-electron chi connectivity index (χ0n) is 10.8. The summed E-state index contributed by atoms with van der Waals surface area (Å²) in [6.07, 6.45) is 0. The number of rotatable bonds is 3. The van der Waals surface area contributed by atoms with E-state index in [0.29, 0.717) is 10.6 Å². The van der Waals surface area contributed by atoms with Crippen LogP contribution in [0, 0.1) is 0 Å². The lowest BCUT2D eigenvalue weighted by Gasteiger charge is -2.16. The molecule has 20 heavy (non-hydrogen) atoms. The number of aryl methyl sites for hydroxylation is 1. The van der Waals surface area contributed by atoms with E-state index in [1.165, 1.54) is 21.7 Å². The van der Waals surface area contributed by atoms with Crippen LogP contribution in [0.4, 0.5) is 0 Å². The van der Waals surface area contributed by atoms with Crippen LogP contribution in [0.3, 0.4) is 0 Å². The summed E-state index contributed by atoms with van der Waals surface area (Å²) in [4.78, 5) is 13.6. The highest BCUT2D eigenvalue weighted by Gasteiger charge is 2.21. The first-order chi connectivity index (χ1) is 9.40. The van der Waals surface area contributed by atoms with E-state index >= 15 is 0 Å². The molecule has 0 aliphatic heterocycles. The highest BCUT2D eigenvalue weighted by atomic mass is 35.5. The van der Waals surface area contributed by atoms with Crippen LogP contribution in [-0.2, 0) is 13.6 Å². The van der Waals surface area contributed by atoms with Crippen molar-refractivity contribution in [2.75, 3.05) is 7.05 Å². The van der Waals surface area contributed by atoms with Crippen LogP contribution in [0.2, 0.25) is 10.0 Å². The average Bonchev–Trinajstić information content (AvgIpc) is 2.70. The highest BCUT2D eigenvalue weighted by molar-refractivity contribution is 6.36. The molecule has 106 valence electrons. The van der Waals surface area contributed by atoms with E-state index in [1.54, 1.807) is 20.2 Å². The van der Waals surface area contributed by atoms with Gasteiger partial charge in [0.05, 0.1) is 15.9 Å². The summed E-state index contributed by atoms with van der Waals surface area (Å²) in [5.41, 5.74) is 0.580. The van der Waals surface area contributed by atoms with E-state index in [4.69, 9.17) is 23.2 Å². The van der Waals surface area contributed by atoms with Crippen molar-refractivity contribution < 1.29 is 19.1 Å². The highest BCUT2D eigenvalue weighted by Crippen LogP contribution is 2.22. The molecule has 0 aliphatic rings. The van der Waals surface area contributed by atoms with Crippen molar-refractivity contribution in [1.82, 2.24) is 10.2 Å². The number of aromatic nitrogens is 2. The molecule has 0 saturated heterocycles. The molecule has 2 aromatic rings. The molecule has 0 spiro atoms. The van der Waals surface area contributed by atoms with Crippen LogP contribution in [0.5, 0.6) is 5.95 Å². The minimum Gasteiger partial charge on any atom is -0.539 e. The smallest absolute Gasteiger partial charge is 0.255 e. The molecule has 6 nitrogen and oxygen atoms in total. The molecule has 0 aliphatic carbocycles.